The Morgan fingerprint density at radius 2 is 2.12 bits per heavy atom. The first-order chi connectivity index (χ1) is 7.53. The van der Waals surface area contributed by atoms with Crippen LogP contribution in [0.25, 0.3) is 0 Å². The Bertz CT molecular complexity index is 286. The molecule has 0 atom stereocenters. The lowest BCUT2D eigenvalue weighted by atomic mass is 9.79. The lowest BCUT2D eigenvalue weighted by Gasteiger charge is -2.38. The van der Waals surface area contributed by atoms with Gasteiger partial charge >= 0.3 is 0 Å². The Balaban J connectivity index is 2.54. The van der Waals surface area contributed by atoms with E-state index in [9.17, 15) is 4.79 Å². The van der Waals surface area contributed by atoms with Crippen molar-refractivity contribution >= 4 is 23.5 Å². The van der Waals surface area contributed by atoms with Gasteiger partial charge in [-0.3, -0.25) is 4.79 Å². The summed E-state index contributed by atoms with van der Waals surface area (Å²) in [6.45, 7) is 3.34. The molecule has 0 aromatic carbocycles. The van der Waals surface area contributed by atoms with Crippen LogP contribution in [-0.4, -0.2) is 46.9 Å². The second-order valence-corrected chi connectivity index (χ2v) is 5.23. The van der Waals surface area contributed by atoms with E-state index in [1.54, 1.807) is 0 Å². The molecule has 1 aliphatic rings. The van der Waals surface area contributed by atoms with Gasteiger partial charge in [0.2, 0.25) is 5.91 Å². The highest BCUT2D eigenvalue weighted by Gasteiger charge is 2.35. The summed E-state index contributed by atoms with van der Waals surface area (Å²) < 4.78 is 0. The number of nitrogens with zero attached hydrogens (tertiary/aromatic N) is 2. The quantitative estimate of drug-likeness (QED) is 0.332. The van der Waals surface area contributed by atoms with Crippen molar-refractivity contribution in [3.05, 3.63) is 0 Å². The number of rotatable bonds is 3. The second-order valence-electron chi connectivity index (χ2n) is 4.36. The number of nitrogens with two attached hydrogens (primary N) is 1. The first-order valence-corrected chi connectivity index (χ1v) is 6.67. The predicted octanol–water partition coefficient (Wildman–Crippen LogP) is 0.725. The topological polar surface area (TPSA) is 78.9 Å². The number of oxime groups is 1. The molecule has 1 saturated heterocycles. The second kappa shape index (κ2) is 5.43. The molecule has 0 radical (unpaired) electrons. The Morgan fingerprint density at radius 3 is 2.56 bits per heavy atom. The number of likely N-dealkylation sites (tertiary alicyclic amines) is 1. The predicted molar refractivity (Wildman–Crippen MR) is 65.7 cm³/mol. The zero-order valence-corrected chi connectivity index (χ0v) is 10.6. The molecule has 1 aliphatic heterocycles. The van der Waals surface area contributed by atoms with E-state index in [1.807, 2.05) is 18.1 Å². The van der Waals surface area contributed by atoms with Crippen LogP contribution in [0.1, 0.15) is 19.8 Å². The zero-order chi connectivity index (χ0) is 12.2. The number of carbonyl (C=O) groups excluding carboxylic acids is 1. The van der Waals surface area contributed by atoms with Crippen LogP contribution in [0.5, 0.6) is 0 Å². The van der Waals surface area contributed by atoms with Gasteiger partial charge in [0, 0.05) is 18.5 Å². The van der Waals surface area contributed by atoms with Gasteiger partial charge in [0.1, 0.15) is 5.84 Å². The third-order valence-corrected chi connectivity index (χ3v) is 3.75. The van der Waals surface area contributed by atoms with E-state index < -0.39 is 0 Å². The Kier molecular flexibility index (Phi) is 4.46. The molecule has 5 nitrogen and oxygen atoms in total. The maximum atomic E-state index is 11.6. The number of amidine groups is 1. The van der Waals surface area contributed by atoms with Crippen molar-refractivity contribution in [3.8, 4) is 0 Å². The summed E-state index contributed by atoms with van der Waals surface area (Å²) in [5.41, 5.74) is 5.38. The van der Waals surface area contributed by atoms with Gasteiger partial charge in [0.05, 0.1) is 5.75 Å². The van der Waals surface area contributed by atoms with Crippen molar-refractivity contribution in [1.82, 2.24) is 4.90 Å². The Hall–Kier alpha value is -0.910. The molecule has 0 aliphatic carbocycles. The molecule has 92 valence electrons. The Labute approximate surface area is 100 Å². The van der Waals surface area contributed by atoms with Crippen LogP contribution in [0, 0.1) is 5.41 Å². The van der Waals surface area contributed by atoms with E-state index >= 15 is 0 Å². The van der Waals surface area contributed by atoms with Crippen LogP contribution in [0.4, 0.5) is 0 Å². The standard InChI is InChI=1S/C10H19N3O2S/c1-10(9(11)12-15)3-5-13(6-4-10)8(14)7-16-2/h15H,3-7H2,1-2H3,(H2,11,12). The highest BCUT2D eigenvalue weighted by molar-refractivity contribution is 7.99. The van der Waals surface area contributed by atoms with E-state index in [4.69, 9.17) is 10.9 Å². The molecule has 0 aromatic heterocycles. The molecule has 0 aromatic rings. The summed E-state index contributed by atoms with van der Waals surface area (Å²) in [5.74, 6) is 0.971. The molecule has 0 bridgehead atoms. The lowest BCUT2D eigenvalue weighted by molar-refractivity contribution is -0.129. The molecule has 16 heavy (non-hydrogen) atoms. The monoisotopic (exact) mass is 245 g/mol. The van der Waals surface area contributed by atoms with Crippen LogP contribution >= 0.6 is 11.8 Å². The molecule has 1 heterocycles. The van der Waals surface area contributed by atoms with Crippen molar-refractivity contribution < 1.29 is 10.0 Å². The fourth-order valence-electron chi connectivity index (χ4n) is 1.84. The maximum absolute atomic E-state index is 11.6. The minimum absolute atomic E-state index is 0.175. The van der Waals surface area contributed by atoms with Crippen molar-refractivity contribution in [2.75, 3.05) is 25.1 Å². The largest absolute Gasteiger partial charge is 0.409 e. The van der Waals surface area contributed by atoms with Gasteiger partial charge in [-0.15, -0.1) is 0 Å². The smallest absolute Gasteiger partial charge is 0.232 e. The maximum Gasteiger partial charge on any atom is 0.232 e. The lowest BCUT2D eigenvalue weighted by Crippen LogP contribution is -2.47. The summed E-state index contributed by atoms with van der Waals surface area (Å²) in [7, 11) is 0. The molecule has 1 rings (SSSR count). The molecule has 1 fully saturated rings. The number of thioether (sulfide) groups is 1. The molecular weight excluding hydrogens is 226 g/mol. The number of piperidine rings is 1. The van der Waals surface area contributed by atoms with Crippen molar-refractivity contribution in [1.29, 1.82) is 0 Å². The van der Waals surface area contributed by atoms with Gasteiger partial charge in [-0.1, -0.05) is 12.1 Å². The van der Waals surface area contributed by atoms with Crippen molar-refractivity contribution in [2.24, 2.45) is 16.3 Å². The third-order valence-electron chi connectivity index (χ3n) is 3.21. The van der Waals surface area contributed by atoms with E-state index in [2.05, 4.69) is 5.16 Å². The first kappa shape index (κ1) is 13.2. The van der Waals surface area contributed by atoms with Gasteiger partial charge in [-0.25, -0.2) is 0 Å². The summed E-state index contributed by atoms with van der Waals surface area (Å²) in [6.07, 6.45) is 3.42. The molecule has 0 spiro atoms. The van der Waals surface area contributed by atoms with Crippen molar-refractivity contribution in [3.63, 3.8) is 0 Å². The SMILES string of the molecule is CSCC(=O)N1CCC(C)(C(N)=NO)CC1. The van der Waals surface area contributed by atoms with Gasteiger partial charge in [0.25, 0.3) is 0 Å². The minimum atomic E-state index is -0.273. The molecule has 0 unspecified atom stereocenters. The molecule has 6 heteroatoms. The average Bonchev–Trinajstić information content (AvgIpc) is 2.29. The normalized spacial score (nSPS) is 20.9. The molecular formula is C10H19N3O2S. The van der Waals surface area contributed by atoms with Gasteiger partial charge in [0.15, 0.2) is 0 Å². The number of amides is 1. The average molecular weight is 245 g/mol. The van der Waals surface area contributed by atoms with Crippen LogP contribution in [0.3, 0.4) is 0 Å². The third kappa shape index (κ3) is 2.81. The van der Waals surface area contributed by atoms with Crippen LogP contribution in [0.2, 0.25) is 0 Å². The van der Waals surface area contributed by atoms with E-state index in [1.165, 1.54) is 11.8 Å². The van der Waals surface area contributed by atoms with Gasteiger partial charge < -0.3 is 15.8 Å². The van der Waals surface area contributed by atoms with Gasteiger partial charge in [-0.2, -0.15) is 11.8 Å². The van der Waals surface area contributed by atoms with Crippen LogP contribution in [-0.2, 0) is 4.79 Å². The van der Waals surface area contributed by atoms with E-state index in [0.29, 0.717) is 18.8 Å². The summed E-state index contributed by atoms with van der Waals surface area (Å²) in [4.78, 5) is 13.5. The zero-order valence-electron chi connectivity index (χ0n) is 9.77. The highest BCUT2D eigenvalue weighted by Crippen LogP contribution is 2.31. The Morgan fingerprint density at radius 1 is 1.56 bits per heavy atom. The summed E-state index contributed by atoms with van der Waals surface area (Å²) in [6, 6.07) is 0. The molecule has 3 N–H and O–H groups in total. The van der Waals surface area contributed by atoms with Crippen molar-refractivity contribution in [2.45, 2.75) is 19.8 Å². The summed E-state index contributed by atoms with van der Waals surface area (Å²) >= 11 is 1.53. The number of hydrogen-bond acceptors (Lipinski definition) is 4. The minimum Gasteiger partial charge on any atom is -0.409 e. The van der Waals surface area contributed by atoms with Crippen LogP contribution < -0.4 is 5.73 Å². The highest BCUT2D eigenvalue weighted by atomic mass is 32.2. The number of carbonyl (C=O) groups is 1. The van der Waals surface area contributed by atoms with Crippen LogP contribution in [0.15, 0.2) is 5.16 Å². The molecule has 0 saturated carbocycles. The fourth-order valence-corrected chi connectivity index (χ4v) is 2.27. The van der Waals surface area contributed by atoms with Gasteiger partial charge in [-0.05, 0) is 19.1 Å². The summed E-state index contributed by atoms with van der Waals surface area (Å²) in [5, 5.41) is 11.8. The first-order valence-electron chi connectivity index (χ1n) is 5.28. The fraction of sp³-hybridized carbons (Fsp3) is 0.800. The number of hydrogen-bond donors (Lipinski definition) is 2. The molecule has 1 amide bonds. The van der Waals surface area contributed by atoms with E-state index in [-0.39, 0.29) is 17.2 Å². The van der Waals surface area contributed by atoms with E-state index in [0.717, 1.165) is 12.8 Å².